The SMILES string of the molecule is CC1(C(=O)O)CCCC2(C)C1CCC1(C)C3=C(CCC12)C(=O)N(CCc1ccccc1)C3. The van der Waals surface area contributed by atoms with E-state index in [-0.39, 0.29) is 22.7 Å². The highest BCUT2D eigenvalue weighted by molar-refractivity contribution is 5.97. The molecule has 2 fully saturated rings. The zero-order valence-electron chi connectivity index (χ0n) is 19.8. The molecule has 1 aliphatic heterocycles. The van der Waals surface area contributed by atoms with Crippen LogP contribution in [0.2, 0.25) is 0 Å². The lowest BCUT2D eigenvalue weighted by molar-refractivity contribution is -0.175. The van der Waals surface area contributed by atoms with Crippen LogP contribution < -0.4 is 0 Å². The zero-order valence-corrected chi connectivity index (χ0v) is 19.8. The molecule has 4 heteroatoms. The lowest BCUT2D eigenvalue weighted by atomic mass is 9.40. The van der Waals surface area contributed by atoms with Crippen LogP contribution in [0.1, 0.15) is 71.3 Å². The molecule has 2 saturated carbocycles. The Bertz CT molecular complexity index is 968. The number of fused-ring (bicyclic) bond motifs is 4. The van der Waals surface area contributed by atoms with Gasteiger partial charge in [0.1, 0.15) is 0 Å². The lowest BCUT2D eigenvalue weighted by Gasteiger charge is -2.63. The molecule has 5 unspecified atom stereocenters. The van der Waals surface area contributed by atoms with Crippen LogP contribution >= 0.6 is 0 Å². The summed E-state index contributed by atoms with van der Waals surface area (Å²) in [6.07, 6.45) is 7.67. The molecule has 5 rings (SSSR count). The summed E-state index contributed by atoms with van der Waals surface area (Å²) in [6, 6.07) is 10.4. The Morgan fingerprint density at radius 3 is 2.53 bits per heavy atom. The molecule has 1 aromatic carbocycles. The van der Waals surface area contributed by atoms with Crippen LogP contribution in [0.5, 0.6) is 0 Å². The maximum Gasteiger partial charge on any atom is 0.309 e. The van der Waals surface area contributed by atoms with Crippen molar-refractivity contribution in [2.24, 2.45) is 28.1 Å². The second kappa shape index (κ2) is 7.46. The molecule has 3 aliphatic carbocycles. The van der Waals surface area contributed by atoms with Gasteiger partial charge in [-0.2, -0.15) is 0 Å². The lowest BCUT2D eigenvalue weighted by Crippen LogP contribution is -2.58. The number of hydrogen-bond donors (Lipinski definition) is 1. The van der Waals surface area contributed by atoms with E-state index >= 15 is 0 Å². The molecule has 0 saturated heterocycles. The number of amides is 1. The number of carbonyl (C=O) groups excluding carboxylic acids is 1. The van der Waals surface area contributed by atoms with Gasteiger partial charge in [-0.1, -0.05) is 50.6 Å². The first-order valence-corrected chi connectivity index (χ1v) is 12.5. The smallest absolute Gasteiger partial charge is 0.309 e. The van der Waals surface area contributed by atoms with E-state index in [2.05, 4.69) is 43.0 Å². The molecule has 4 aliphatic rings. The molecule has 1 heterocycles. The van der Waals surface area contributed by atoms with Gasteiger partial charge >= 0.3 is 5.97 Å². The Morgan fingerprint density at radius 1 is 1.06 bits per heavy atom. The Hall–Kier alpha value is -2.10. The molecule has 1 aromatic rings. The van der Waals surface area contributed by atoms with Gasteiger partial charge in [0.05, 0.1) is 5.41 Å². The quantitative estimate of drug-likeness (QED) is 0.682. The highest BCUT2D eigenvalue weighted by Gasteiger charge is 2.63. The van der Waals surface area contributed by atoms with E-state index in [1.165, 1.54) is 11.1 Å². The Balaban J connectivity index is 1.40. The van der Waals surface area contributed by atoms with Crippen LogP contribution in [-0.2, 0) is 16.0 Å². The van der Waals surface area contributed by atoms with Crippen LogP contribution in [0.15, 0.2) is 41.5 Å². The van der Waals surface area contributed by atoms with Crippen LogP contribution in [0, 0.1) is 28.1 Å². The number of benzene rings is 1. The zero-order chi connectivity index (χ0) is 22.7. The number of carboxylic acids is 1. The third-order valence-electron chi connectivity index (χ3n) is 10.1. The van der Waals surface area contributed by atoms with E-state index < -0.39 is 11.4 Å². The molecule has 1 amide bonds. The van der Waals surface area contributed by atoms with Gasteiger partial charge in [0, 0.05) is 18.7 Å². The fourth-order valence-electron chi connectivity index (χ4n) is 8.43. The molecule has 172 valence electrons. The number of carbonyl (C=O) groups is 2. The van der Waals surface area contributed by atoms with E-state index in [4.69, 9.17) is 0 Å². The predicted molar refractivity (Wildman–Crippen MR) is 125 cm³/mol. The van der Waals surface area contributed by atoms with Crippen molar-refractivity contribution in [3.8, 4) is 0 Å². The van der Waals surface area contributed by atoms with Crippen LogP contribution in [0.25, 0.3) is 0 Å². The fourth-order valence-corrected chi connectivity index (χ4v) is 8.43. The average Bonchev–Trinajstić information content (AvgIpc) is 3.09. The van der Waals surface area contributed by atoms with Gasteiger partial charge in [0.2, 0.25) is 5.91 Å². The van der Waals surface area contributed by atoms with Crippen molar-refractivity contribution in [2.75, 3.05) is 13.1 Å². The number of nitrogens with zero attached hydrogens (tertiary/aromatic N) is 1. The van der Waals surface area contributed by atoms with Gasteiger partial charge in [-0.15, -0.1) is 0 Å². The molecule has 5 atom stereocenters. The third kappa shape index (κ3) is 3.01. The largest absolute Gasteiger partial charge is 0.481 e. The van der Waals surface area contributed by atoms with Gasteiger partial charge < -0.3 is 10.0 Å². The Kier molecular flexibility index (Phi) is 5.07. The molecular formula is C28H37NO3. The van der Waals surface area contributed by atoms with E-state index in [1.54, 1.807) is 0 Å². The number of carboxylic acid groups (broad SMARTS) is 1. The van der Waals surface area contributed by atoms with E-state index in [0.29, 0.717) is 5.92 Å². The topological polar surface area (TPSA) is 57.6 Å². The first-order valence-electron chi connectivity index (χ1n) is 12.5. The van der Waals surface area contributed by atoms with Crippen LogP contribution in [0.3, 0.4) is 0 Å². The highest BCUT2D eigenvalue weighted by atomic mass is 16.4. The number of aliphatic carboxylic acids is 1. The van der Waals surface area contributed by atoms with Gasteiger partial charge in [-0.05, 0) is 85.7 Å². The fraction of sp³-hybridized carbons (Fsp3) is 0.643. The first kappa shape index (κ1) is 21.7. The molecule has 0 aromatic heterocycles. The van der Waals surface area contributed by atoms with Crippen molar-refractivity contribution in [3.63, 3.8) is 0 Å². The maximum absolute atomic E-state index is 13.3. The summed E-state index contributed by atoms with van der Waals surface area (Å²) in [6.45, 7) is 8.32. The van der Waals surface area contributed by atoms with E-state index in [1.807, 2.05) is 13.0 Å². The molecule has 0 bridgehead atoms. The summed E-state index contributed by atoms with van der Waals surface area (Å²) in [5.74, 6) is 0.332. The molecule has 1 N–H and O–H groups in total. The molecule has 0 radical (unpaired) electrons. The van der Waals surface area contributed by atoms with Crippen LogP contribution in [-0.4, -0.2) is 35.0 Å². The molecule has 0 spiro atoms. The van der Waals surface area contributed by atoms with E-state index in [0.717, 1.165) is 70.0 Å². The van der Waals surface area contributed by atoms with E-state index in [9.17, 15) is 14.7 Å². The Morgan fingerprint density at radius 2 is 1.81 bits per heavy atom. The second-order valence-electron chi connectivity index (χ2n) is 11.6. The van der Waals surface area contributed by atoms with Crippen molar-refractivity contribution >= 4 is 11.9 Å². The summed E-state index contributed by atoms with van der Waals surface area (Å²) >= 11 is 0. The van der Waals surface area contributed by atoms with Crippen LogP contribution in [0.4, 0.5) is 0 Å². The minimum atomic E-state index is -0.615. The Labute approximate surface area is 192 Å². The normalized spacial score (nSPS) is 38.8. The molecule has 32 heavy (non-hydrogen) atoms. The van der Waals surface area contributed by atoms with Gasteiger partial charge in [-0.25, -0.2) is 0 Å². The summed E-state index contributed by atoms with van der Waals surface area (Å²) in [7, 11) is 0. The van der Waals surface area contributed by atoms with Crippen molar-refractivity contribution < 1.29 is 14.7 Å². The number of hydrogen-bond acceptors (Lipinski definition) is 2. The summed E-state index contributed by atoms with van der Waals surface area (Å²) < 4.78 is 0. The van der Waals surface area contributed by atoms with Crippen molar-refractivity contribution in [1.82, 2.24) is 4.90 Å². The third-order valence-corrected chi connectivity index (χ3v) is 10.1. The second-order valence-corrected chi connectivity index (χ2v) is 11.6. The summed E-state index contributed by atoms with van der Waals surface area (Å²) in [5, 5.41) is 10.1. The maximum atomic E-state index is 13.3. The highest BCUT2D eigenvalue weighted by Crippen LogP contribution is 2.68. The summed E-state index contributed by atoms with van der Waals surface area (Å²) in [4.78, 5) is 27.7. The predicted octanol–water partition coefficient (Wildman–Crippen LogP) is 5.48. The average molecular weight is 436 g/mol. The van der Waals surface area contributed by atoms with Crippen molar-refractivity contribution in [2.45, 2.75) is 72.1 Å². The monoisotopic (exact) mass is 435 g/mol. The summed E-state index contributed by atoms with van der Waals surface area (Å²) in [5.41, 5.74) is 3.18. The van der Waals surface area contributed by atoms with Gasteiger partial charge in [-0.3, -0.25) is 9.59 Å². The minimum absolute atomic E-state index is 0.0206. The number of rotatable bonds is 4. The first-order chi connectivity index (χ1) is 15.2. The van der Waals surface area contributed by atoms with Crippen molar-refractivity contribution in [1.29, 1.82) is 0 Å². The van der Waals surface area contributed by atoms with Gasteiger partial charge in [0.25, 0.3) is 0 Å². The van der Waals surface area contributed by atoms with Gasteiger partial charge in [0.15, 0.2) is 0 Å². The molecule has 4 nitrogen and oxygen atoms in total. The standard InChI is InChI=1S/C28H37NO3/c1-26-16-12-23-27(2,14-7-15-28(23,3)25(31)32)22(26)11-10-20-21(26)18-29(24(20)30)17-13-19-8-5-4-6-9-19/h4-6,8-9,22-23H,7,10-18H2,1-3H3,(H,31,32). The molecular weight excluding hydrogens is 398 g/mol. The van der Waals surface area contributed by atoms with Crippen molar-refractivity contribution in [3.05, 3.63) is 47.0 Å². The minimum Gasteiger partial charge on any atom is -0.481 e.